The summed E-state index contributed by atoms with van der Waals surface area (Å²) >= 11 is 0. The summed E-state index contributed by atoms with van der Waals surface area (Å²) in [6.45, 7) is 3.38. The van der Waals surface area contributed by atoms with E-state index in [-0.39, 0.29) is 24.8 Å². The minimum Gasteiger partial charge on any atom is -0.444 e. The first-order valence-electron chi connectivity index (χ1n) is 12.4. The molecule has 0 unspecified atom stereocenters. The molecule has 4 N–H and O–H groups in total. The molecule has 35 heavy (non-hydrogen) atoms. The first-order chi connectivity index (χ1) is 16.8. The molecule has 0 spiro atoms. The standard InChI is InChI=1S/C25H38N4O6/c1-25(23(32)27-34,16-21(18-30)35-24(33)26-19-8-4-2-5-9-19)17-22(31)29-14-12-28(13-15-29)20-10-6-3-7-11-20/h3,6-7,10-11,19,21,30,34H,2,4-5,8-9,12-18H2,1H3,(H,26,33)(H,27,32)/t21-,25+/m1/s1. The number of nitrogens with zero attached hydrogens (tertiary/aromatic N) is 2. The van der Waals surface area contributed by atoms with Crippen molar-refractivity contribution in [2.45, 2.75) is 64.0 Å². The molecule has 10 heteroatoms. The van der Waals surface area contributed by atoms with E-state index in [4.69, 9.17) is 4.74 Å². The van der Waals surface area contributed by atoms with Crippen LogP contribution < -0.4 is 15.7 Å². The van der Waals surface area contributed by atoms with Crippen molar-refractivity contribution in [2.75, 3.05) is 37.7 Å². The van der Waals surface area contributed by atoms with Crippen molar-refractivity contribution in [3.05, 3.63) is 30.3 Å². The van der Waals surface area contributed by atoms with E-state index in [9.17, 15) is 24.7 Å². The lowest BCUT2D eigenvalue weighted by molar-refractivity contribution is -0.147. The van der Waals surface area contributed by atoms with Crippen LogP contribution in [0.1, 0.15) is 51.9 Å². The van der Waals surface area contributed by atoms with Crippen molar-refractivity contribution in [3.8, 4) is 0 Å². The summed E-state index contributed by atoms with van der Waals surface area (Å²) in [7, 11) is 0. The van der Waals surface area contributed by atoms with Crippen molar-refractivity contribution < 1.29 is 29.4 Å². The molecular formula is C25H38N4O6. The zero-order valence-electron chi connectivity index (χ0n) is 20.4. The fourth-order valence-corrected chi connectivity index (χ4v) is 4.92. The zero-order valence-corrected chi connectivity index (χ0v) is 20.4. The molecule has 0 aromatic heterocycles. The molecule has 10 nitrogen and oxygen atoms in total. The number of hydroxylamine groups is 1. The Balaban J connectivity index is 1.56. The van der Waals surface area contributed by atoms with Crippen LogP contribution in [0.5, 0.6) is 0 Å². The van der Waals surface area contributed by atoms with Crippen molar-refractivity contribution in [3.63, 3.8) is 0 Å². The maximum absolute atomic E-state index is 13.1. The molecule has 1 heterocycles. The number of carbonyl (C=O) groups excluding carboxylic acids is 3. The molecular weight excluding hydrogens is 452 g/mol. The summed E-state index contributed by atoms with van der Waals surface area (Å²) in [5, 5.41) is 22.0. The maximum atomic E-state index is 13.1. The molecule has 2 atom stereocenters. The van der Waals surface area contributed by atoms with Gasteiger partial charge in [0.05, 0.1) is 12.0 Å². The molecule has 1 aliphatic heterocycles. The van der Waals surface area contributed by atoms with E-state index in [0.29, 0.717) is 26.2 Å². The smallest absolute Gasteiger partial charge is 0.407 e. The lowest BCUT2D eigenvalue weighted by Gasteiger charge is -2.38. The molecule has 1 aromatic carbocycles. The highest BCUT2D eigenvalue weighted by Crippen LogP contribution is 2.31. The van der Waals surface area contributed by atoms with Crippen LogP contribution in [0.15, 0.2) is 30.3 Å². The lowest BCUT2D eigenvalue weighted by Crippen LogP contribution is -2.51. The fraction of sp³-hybridized carbons (Fsp3) is 0.640. The molecule has 0 bridgehead atoms. The Morgan fingerprint density at radius 2 is 1.74 bits per heavy atom. The van der Waals surface area contributed by atoms with Gasteiger partial charge in [-0.15, -0.1) is 0 Å². The molecule has 1 aromatic rings. The number of hydrogen-bond acceptors (Lipinski definition) is 7. The second-order valence-corrected chi connectivity index (χ2v) is 9.78. The Morgan fingerprint density at radius 1 is 1.09 bits per heavy atom. The maximum Gasteiger partial charge on any atom is 0.407 e. The Bertz CT molecular complexity index is 840. The van der Waals surface area contributed by atoms with Gasteiger partial charge in [-0.05, 0) is 25.0 Å². The fourth-order valence-electron chi connectivity index (χ4n) is 4.92. The van der Waals surface area contributed by atoms with Gasteiger partial charge >= 0.3 is 6.09 Å². The molecule has 1 saturated carbocycles. The summed E-state index contributed by atoms with van der Waals surface area (Å²) < 4.78 is 5.39. The highest BCUT2D eigenvalue weighted by molar-refractivity contribution is 5.88. The monoisotopic (exact) mass is 490 g/mol. The van der Waals surface area contributed by atoms with Crippen molar-refractivity contribution in [2.24, 2.45) is 5.41 Å². The number of aliphatic hydroxyl groups excluding tert-OH is 1. The lowest BCUT2D eigenvalue weighted by atomic mass is 9.80. The van der Waals surface area contributed by atoms with Crippen LogP contribution in [-0.4, -0.2) is 78.1 Å². The largest absolute Gasteiger partial charge is 0.444 e. The Kier molecular flexibility index (Phi) is 9.73. The number of benzene rings is 1. The number of piperazine rings is 1. The third-order valence-corrected chi connectivity index (χ3v) is 7.03. The third-order valence-electron chi connectivity index (χ3n) is 7.03. The van der Waals surface area contributed by atoms with Crippen molar-refractivity contribution in [1.29, 1.82) is 0 Å². The van der Waals surface area contributed by atoms with Crippen LogP contribution >= 0.6 is 0 Å². The zero-order chi connectivity index (χ0) is 25.3. The quantitative estimate of drug-likeness (QED) is 0.308. The van der Waals surface area contributed by atoms with Gasteiger partial charge in [0.25, 0.3) is 0 Å². The minimum atomic E-state index is -1.37. The molecule has 194 valence electrons. The van der Waals surface area contributed by atoms with Gasteiger partial charge in [0.15, 0.2) is 0 Å². The molecule has 0 radical (unpaired) electrons. The van der Waals surface area contributed by atoms with E-state index in [1.165, 1.54) is 6.92 Å². The van der Waals surface area contributed by atoms with Gasteiger partial charge < -0.3 is 25.0 Å². The van der Waals surface area contributed by atoms with Gasteiger partial charge in [0.2, 0.25) is 11.8 Å². The van der Waals surface area contributed by atoms with E-state index < -0.39 is 30.1 Å². The number of anilines is 1. The second kappa shape index (κ2) is 12.7. The molecule has 2 aliphatic rings. The van der Waals surface area contributed by atoms with Gasteiger partial charge in [-0.25, -0.2) is 10.3 Å². The summed E-state index contributed by atoms with van der Waals surface area (Å²) in [5.41, 5.74) is 1.36. The van der Waals surface area contributed by atoms with Crippen LogP contribution in [0.2, 0.25) is 0 Å². The van der Waals surface area contributed by atoms with Gasteiger partial charge in [0, 0.05) is 50.7 Å². The SMILES string of the molecule is C[C@@](CC(=O)N1CCN(c2ccccc2)CC1)(C[C@H](CO)OC(=O)NC1CCCCC1)C(=O)NO. The number of hydrogen-bond donors (Lipinski definition) is 4. The van der Waals surface area contributed by atoms with Crippen molar-refractivity contribution in [1.82, 2.24) is 15.7 Å². The average Bonchev–Trinajstić information content (AvgIpc) is 2.88. The summed E-state index contributed by atoms with van der Waals surface area (Å²) in [4.78, 5) is 41.9. The van der Waals surface area contributed by atoms with Gasteiger partial charge in [0.1, 0.15) is 6.10 Å². The predicted octanol–water partition coefficient (Wildman–Crippen LogP) is 2.05. The van der Waals surface area contributed by atoms with Gasteiger partial charge in [-0.3, -0.25) is 14.8 Å². The second-order valence-electron chi connectivity index (χ2n) is 9.78. The summed E-state index contributed by atoms with van der Waals surface area (Å²) in [6, 6.07) is 10.00. The number of rotatable bonds is 9. The Morgan fingerprint density at radius 3 is 2.34 bits per heavy atom. The van der Waals surface area contributed by atoms with Crippen LogP contribution in [0.25, 0.3) is 0 Å². The van der Waals surface area contributed by atoms with E-state index in [1.807, 2.05) is 30.3 Å². The van der Waals surface area contributed by atoms with Crippen LogP contribution in [0, 0.1) is 5.41 Å². The Hall–Kier alpha value is -2.85. The first kappa shape index (κ1) is 26.7. The number of alkyl carbamates (subject to hydrolysis) is 1. The number of carbonyl (C=O) groups is 3. The van der Waals surface area contributed by atoms with Crippen molar-refractivity contribution >= 4 is 23.6 Å². The summed E-state index contributed by atoms with van der Waals surface area (Å²) in [6.07, 6.45) is 3.07. The van der Waals surface area contributed by atoms with E-state index in [0.717, 1.165) is 37.8 Å². The predicted molar refractivity (Wildman–Crippen MR) is 130 cm³/mol. The highest BCUT2D eigenvalue weighted by Gasteiger charge is 2.40. The molecule has 2 fully saturated rings. The van der Waals surface area contributed by atoms with Gasteiger partial charge in [-0.1, -0.05) is 44.4 Å². The normalized spacial score (nSPS) is 19.4. The number of para-hydroxylation sites is 1. The Labute approximate surface area is 206 Å². The molecule has 3 amide bonds. The van der Waals surface area contributed by atoms with Gasteiger partial charge in [-0.2, -0.15) is 0 Å². The number of nitrogens with one attached hydrogen (secondary N) is 2. The third kappa shape index (κ3) is 7.57. The minimum absolute atomic E-state index is 0.0406. The molecule has 3 rings (SSSR count). The van der Waals surface area contributed by atoms with E-state index in [2.05, 4.69) is 10.2 Å². The highest BCUT2D eigenvalue weighted by atomic mass is 16.6. The van der Waals surface area contributed by atoms with Crippen LogP contribution in [-0.2, 0) is 14.3 Å². The number of aliphatic hydroxyl groups is 1. The van der Waals surface area contributed by atoms with E-state index in [1.54, 1.807) is 10.4 Å². The van der Waals surface area contributed by atoms with E-state index >= 15 is 0 Å². The molecule has 1 aliphatic carbocycles. The number of ether oxygens (including phenoxy) is 1. The number of amides is 3. The first-order valence-corrected chi connectivity index (χ1v) is 12.4. The summed E-state index contributed by atoms with van der Waals surface area (Å²) in [5.74, 6) is -0.990. The molecule has 1 saturated heterocycles. The topological polar surface area (TPSA) is 131 Å². The average molecular weight is 491 g/mol. The van der Waals surface area contributed by atoms with Crippen LogP contribution in [0.4, 0.5) is 10.5 Å². The van der Waals surface area contributed by atoms with Crippen LogP contribution in [0.3, 0.4) is 0 Å².